The number of nitrogens with one attached hydrogen (secondary N) is 2. The van der Waals surface area contributed by atoms with Crippen molar-refractivity contribution in [1.82, 2.24) is 10.6 Å². The van der Waals surface area contributed by atoms with Crippen LogP contribution in [0, 0.1) is 5.41 Å². The average Bonchev–Trinajstić information content (AvgIpc) is 2.48. The molecule has 0 saturated carbocycles. The number of rotatable bonds is 8. The molecule has 1 heterocycles. The standard InChI is InChI=1S/C13H25N2O6PS/c1-4-19-22(18)20-9-13(2,3)11(21-22)12(17)15-6-5-10(16)14-7-8-23/h11,23H,4-9H2,1-3H3,(H,14,16)(H,15,17)/t11-,22?/m0/s1. The van der Waals surface area contributed by atoms with E-state index in [1.165, 1.54) is 0 Å². The van der Waals surface area contributed by atoms with Gasteiger partial charge in [-0.05, 0) is 6.92 Å². The van der Waals surface area contributed by atoms with Crippen molar-refractivity contribution in [2.45, 2.75) is 33.3 Å². The third-order valence-corrected chi connectivity index (χ3v) is 4.86. The molecule has 2 atom stereocenters. The summed E-state index contributed by atoms with van der Waals surface area (Å²) in [4.78, 5) is 23.8. The number of carbonyl (C=O) groups excluding carboxylic acids is 2. The number of phosphoric acid groups is 1. The molecular weight excluding hydrogens is 343 g/mol. The SMILES string of the molecule is CCOP1(=O)OCC(C)(C)[C@H](C(=O)NCCC(=O)NCCS)O1. The molecule has 134 valence electrons. The molecule has 2 N–H and O–H groups in total. The Morgan fingerprint density at radius 2 is 2.04 bits per heavy atom. The maximum Gasteiger partial charge on any atom is 0.475 e. The summed E-state index contributed by atoms with van der Waals surface area (Å²) < 4.78 is 27.7. The van der Waals surface area contributed by atoms with Crippen LogP contribution in [-0.2, 0) is 27.7 Å². The van der Waals surface area contributed by atoms with Crippen LogP contribution in [0.15, 0.2) is 0 Å². The second-order valence-electron chi connectivity index (χ2n) is 5.73. The lowest BCUT2D eigenvalue weighted by Gasteiger charge is -2.39. The highest BCUT2D eigenvalue weighted by molar-refractivity contribution is 7.80. The van der Waals surface area contributed by atoms with E-state index in [2.05, 4.69) is 23.3 Å². The highest BCUT2D eigenvalue weighted by Crippen LogP contribution is 2.56. The Balaban J connectivity index is 2.54. The smallest absolute Gasteiger partial charge is 0.355 e. The van der Waals surface area contributed by atoms with E-state index in [4.69, 9.17) is 13.6 Å². The van der Waals surface area contributed by atoms with Gasteiger partial charge in [0.1, 0.15) is 0 Å². The van der Waals surface area contributed by atoms with Gasteiger partial charge in [0.2, 0.25) is 11.8 Å². The molecule has 0 aliphatic carbocycles. The van der Waals surface area contributed by atoms with Gasteiger partial charge in [0.05, 0.1) is 13.2 Å². The third-order valence-electron chi connectivity index (χ3n) is 3.15. The first-order valence-corrected chi connectivity index (χ1v) is 9.56. The summed E-state index contributed by atoms with van der Waals surface area (Å²) in [6.07, 6.45) is -0.833. The van der Waals surface area contributed by atoms with Crippen LogP contribution in [0.4, 0.5) is 0 Å². The number of thiol groups is 1. The summed E-state index contributed by atoms with van der Waals surface area (Å²) in [5, 5.41) is 5.27. The molecule has 1 saturated heterocycles. The Labute approximate surface area is 142 Å². The molecule has 0 radical (unpaired) electrons. The lowest BCUT2D eigenvalue weighted by molar-refractivity contribution is -0.141. The Kier molecular flexibility index (Phi) is 8.03. The monoisotopic (exact) mass is 368 g/mol. The highest BCUT2D eigenvalue weighted by atomic mass is 32.1. The highest BCUT2D eigenvalue weighted by Gasteiger charge is 2.48. The van der Waals surface area contributed by atoms with E-state index in [0.29, 0.717) is 12.3 Å². The maximum atomic E-state index is 12.3. The molecule has 0 bridgehead atoms. The zero-order valence-corrected chi connectivity index (χ0v) is 15.5. The van der Waals surface area contributed by atoms with Gasteiger partial charge < -0.3 is 10.6 Å². The van der Waals surface area contributed by atoms with Crippen LogP contribution in [0.1, 0.15) is 27.2 Å². The van der Waals surface area contributed by atoms with Crippen LogP contribution in [-0.4, -0.2) is 50.0 Å². The predicted molar refractivity (Wildman–Crippen MR) is 88.3 cm³/mol. The lowest BCUT2D eigenvalue weighted by atomic mass is 9.87. The summed E-state index contributed by atoms with van der Waals surface area (Å²) in [6.45, 7) is 6.06. The van der Waals surface area contributed by atoms with E-state index in [-0.39, 0.29) is 32.1 Å². The summed E-state index contributed by atoms with van der Waals surface area (Å²) in [5.74, 6) is -0.0683. The molecule has 1 fully saturated rings. The number of amides is 2. The number of hydrogen-bond donors (Lipinski definition) is 3. The van der Waals surface area contributed by atoms with E-state index in [0.717, 1.165) is 0 Å². The summed E-state index contributed by atoms with van der Waals surface area (Å²) in [7, 11) is -3.72. The summed E-state index contributed by atoms with van der Waals surface area (Å²) in [5.41, 5.74) is -0.663. The van der Waals surface area contributed by atoms with Crippen molar-refractivity contribution in [1.29, 1.82) is 0 Å². The largest absolute Gasteiger partial charge is 0.475 e. The van der Waals surface area contributed by atoms with Crippen molar-refractivity contribution >= 4 is 32.3 Å². The maximum absolute atomic E-state index is 12.3. The number of carbonyl (C=O) groups is 2. The minimum absolute atomic E-state index is 0.0742. The van der Waals surface area contributed by atoms with Gasteiger partial charge in [-0.1, -0.05) is 13.8 Å². The molecule has 1 aliphatic rings. The van der Waals surface area contributed by atoms with Crippen molar-refractivity contribution in [2.24, 2.45) is 5.41 Å². The Morgan fingerprint density at radius 1 is 1.35 bits per heavy atom. The van der Waals surface area contributed by atoms with Crippen LogP contribution in [0.3, 0.4) is 0 Å². The van der Waals surface area contributed by atoms with Crippen LogP contribution >= 0.6 is 20.5 Å². The van der Waals surface area contributed by atoms with Gasteiger partial charge in [-0.15, -0.1) is 0 Å². The van der Waals surface area contributed by atoms with Crippen LogP contribution in [0.5, 0.6) is 0 Å². The molecule has 8 nitrogen and oxygen atoms in total. The molecule has 1 rings (SSSR count). The van der Waals surface area contributed by atoms with E-state index >= 15 is 0 Å². The van der Waals surface area contributed by atoms with Gasteiger partial charge >= 0.3 is 7.82 Å². The van der Waals surface area contributed by atoms with Gasteiger partial charge in [0.25, 0.3) is 0 Å². The second-order valence-corrected chi connectivity index (χ2v) is 7.80. The summed E-state index contributed by atoms with van der Waals surface area (Å²) in [6, 6.07) is 0. The molecule has 1 unspecified atom stereocenters. The van der Waals surface area contributed by atoms with E-state index in [9.17, 15) is 14.2 Å². The minimum atomic E-state index is -3.72. The van der Waals surface area contributed by atoms with Crippen molar-refractivity contribution < 1.29 is 27.7 Å². The molecule has 0 aromatic heterocycles. The molecule has 0 aromatic carbocycles. The van der Waals surface area contributed by atoms with E-state index in [1.807, 2.05) is 0 Å². The van der Waals surface area contributed by atoms with Crippen molar-refractivity contribution in [3.8, 4) is 0 Å². The van der Waals surface area contributed by atoms with E-state index < -0.39 is 25.2 Å². The van der Waals surface area contributed by atoms with Gasteiger partial charge in [0.15, 0.2) is 6.10 Å². The van der Waals surface area contributed by atoms with Gasteiger partial charge in [-0.3, -0.25) is 23.2 Å². The van der Waals surface area contributed by atoms with Gasteiger partial charge in [-0.2, -0.15) is 12.6 Å². The second kappa shape index (κ2) is 9.03. The molecular formula is C13H25N2O6PS. The molecule has 0 aromatic rings. The van der Waals surface area contributed by atoms with Gasteiger partial charge in [0, 0.05) is 30.7 Å². The summed E-state index contributed by atoms with van der Waals surface area (Å²) >= 11 is 3.99. The average molecular weight is 368 g/mol. The molecule has 10 heteroatoms. The van der Waals surface area contributed by atoms with Crippen LogP contribution < -0.4 is 10.6 Å². The van der Waals surface area contributed by atoms with Crippen molar-refractivity contribution in [2.75, 3.05) is 32.1 Å². The molecule has 1 aliphatic heterocycles. The zero-order valence-electron chi connectivity index (χ0n) is 13.7. The quantitative estimate of drug-likeness (QED) is 0.438. The van der Waals surface area contributed by atoms with Crippen molar-refractivity contribution in [3.05, 3.63) is 0 Å². The Hall–Kier alpha value is -0.600. The lowest BCUT2D eigenvalue weighted by Crippen LogP contribution is -2.50. The fourth-order valence-corrected chi connectivity index (χ4v) is 3.68. The molecule has 2 amide bonds. The van der Waals surface area contributed by atoms with E-state index in [1.54, 1.807) is 20.8 Å². The molecule has 23 heavy (non-hydrogen) atoms. The number of hydrogen-bond acceptors (Lipinski definition) is 7. The first-order valence-electron chi connectivity index (χ1n) is 7.47. The fraction of sp³-hybridized carbons (Fsp3) is 0.846. The first-order chi connectivity index (χ1) is 10.7. The van der Waals surface area contributed by atoms with Crippen LogP contribution in [0.2, 0.25) is 0 Å². The predicted octanol–water partition coefficient (Wildman–Crippen LogP) is 1.12. The zero-order chi connectivity index (χ0) is 17.5. The fourth-order valence-electron chi connectivity index (χ4n) is 1.93. The van der Waals surface area contributed by atoms with Gasteiger partial charge in [-0.25, -0.2) is 4.57 Å². The van der Waals surface area contributed by atoms with Crippen LogP contribution in [0.25, 0.3) is 0 Å². The third kappa shape index (κ3) is 6.43. The topological polar surface area (TPSA) is 103 Å². The Bertz CT molecular complexity index is 473. The normalized spacial score (nSPS) is 26.5. The van der Waals surface area contributed by atoms with Crippen molar-refractivity contribution in [3.63, 3.8) is 0 Å². The minimum Gasteiger partial charge on any atom is -0.355 e. The number of phosphoric ester groups is 1. The Morgan fingerprint density at radius 3 is 2.65 bits per heavy atom. The first kappa shape index (κ1) is 20.4. The molecule has 0 spiro atoms.